The van der Waals surface area contributed by atoms with Crippen molar-refractivity contribution in [2.75, 3.05) is 27.2 Å². The van der Waals surface area contributed by atoms with Gasteiger partial charge < -0.3 is 15.5 Å². The number of nitrogens with zero attached hydrogens (tertiary/aromatic N) is 1. The molecular weight excluding hydrogens is 297 g/mol. The molecule has 1 aliphatic carbocycles. The first kappa shape index (κ1) is 17.4. The normalized spacial score (nSPS) is 19.5. The predicted molar refractivity (Wildman–Crippen MR) is 86.0 cm³/mol. The molecule has 5 nitrogen and oxygen atoms in total. The molecule has 0 aromatic heterocycles. The quantitative estimate of drug-likeness (QED) is 0.706. The van der Waals surface area contributed by atoms with Gasteiger partial charge in [-0.3, -0.25) is 9.59 Å². The maximum atomic E-state index is 13.5. The Kier molecular flexibility index (Phi) is 6.10. The van der Waals surface area contributed by atoms with Crippen molar-refractivity contribution in [3.63, 3.8) is 0 Å². The Bertz CT molecular complexity index is 563. The van der Waals surface area contributed by atoms with Crippen molar-refractivity contribution in [3.05, 3.63) is 35.6 Å². The third-order valence-corrected chi connectivity index (χ3v) is 3.96. The summed E-state index contributed by atoms with van der Waals surface area (Å²) in [6.07, 6.45) is 1.46. The molecule has 1 aromatic carbocycles. The second-order valence-electron chi connectivity index (χ2n) is 6.21. The third-order valence-electron chi connectivity index (χ3n) is 3.96. The van der Waals surface area contributed by atoms with E-state index in [1.54, 1.807) is 18.2 Å². The summed E-state index contributed by atoms with van der Waals surface area (Å²) in [6, 6.07) is 6.34. The van der Waals surface area contributed by atoms with E-state index >= 15 is 0 Å². The molecule has 0 spiro atoms. The lowest BCUT2D eigenvalue weighted by Gasteiger charge is -2.10. The van der Waals surface area contributed by atoms with E-state index in [1.807, 2.05) is 14.1 Å². The zero-order valence-electron chi connectivity index (χ0n) is 13.6. The largest absolute Gasteiger partial charge is 0.356 e. The van der Waals surface area contributed by atoms with Gasteiger partial charge in [-0.1, -0.05) is 18.2 Å². The van der Waals surface area contributed by atoms with Crippen LogP contribution in [0.2, 0.25) is 0 Å². The van der Waals surface area contributed by atoms with Gasteiger partial charge >= 0.3 is 0 Å². The molecule has 0 aliphatic heterocycles. The minimum Gasteiger partial charge on any atom is -0.356 e. The first-order valence-electron chi connectivity index (χ1n) is 7.92. The summed E-state index contributed by atoms with van der Waals surface area (Å²) < 4.78 is 13.5. The highest BCUT2D eigenvalue weighted by atomic mass is 19.1. The molecule has 0 heterocycles. The van der Waals surface area contributed by atoms with E-state index in [9.17, 15) is 14.0 Å². The van der Waals surface area contributed by atoms with Crippen LogP contribution in [0, 0.1) is 17.7 Å². The van der Waals surface area contributed by atoms with Gasteiger partial charge in [0.2, 0.25) is 11.8 Å². The monoisotopic (exact) mass is 321 g/mol. The average molecular weight is 321 g/mol. The lowest BCUT2D eigenvalue weighted by Crippen LogP contribution is -2.31. The molecule has 2 N–H and O–H groups in total. The van der Waals surface area contributed by atoms with Crippen molar-refractivity contribution in [1.82, 2.24) is 15.5 Å². The molecule has 2 amide bonds. The molecule has 1 saturated carbocycles. The van der Waals surface area contributed by atoms with Crippen LogP contribution in [0.5, 0.6) is 0 Å². The second-order valence-corrected chi connectivity index (χ2v) is 6.21. The molecule has 0 bridgehead atoms. The van der Waals surface area contributed by atoms with Crippen LogP contribution in [0.4, 0.5) is 4.39 Å². The molecular formula is C17H24FN3O2. The van der Waals surface area contributed by atoms with Gasteiger partial charge in [-0.05, 0) is 39.5 Å². The van der Waals surface area contributed by atoms with E-state index in [2.05, 4.69) is 15.5 Å². The standard InChI is InChI=1S/C17H24FN3O2/c1-21(2)9-5-8-19-16(22)13-10-14(13)17(23)20-11-12-6-3-4-7-15(12)18/h3-4,6-7,13-14H,5,8-11H2,1-2H3,(H,19,22)(H,20,23). The molecule has 1 fully saturated rings. The van der Waals surface area contributed by atoms with E-state index in [4.69, 9.17) is 0 Å². The maximum Gasteiger partial charge on any atom is 0.224 e. The van der Waals surface area contributed by atoms with E-state index < -0.39 is 0 Å². The fraction of sp³-hybridized carbons (Fsp3) is 0.529. The van der Waals surface area contributed by atoms with Crippen LogP contribution in [-0.4, -0.2) is 43.9 Å². The Morgan fingerprint density at radius 3 is 2.48 bits per heavy atom. The van der Waals surface area contributed by atoms with Gasteiger partial charge in [0.1, 0.15) is 5.82 Å². The molecule has 0 saturated heterocycles. The minimum atomic E-state index is -0.334. The molecule has 1 aliphatic rings. The zero-order chi connectivity index (χ0) is 16.8. The van der Waals surface area contributed by atoms with Gasteiger partial charge in [0.05, 0.1) is 11.8 Å². The van der Waals surface area contributed by atoms with Crippen molar-refractivity contribution in [2.45, 2.75) is 19.4 Å². The highest BCUT2D eigenvalue weighted by Gasteiger charge is 2.47. The van der Waals surface area contributed by atoms with E-state index in [1.165, 1.54) is 6.07 Å². The summed E-state index contributed by atoms with van der Waals surface area (Å²) in [4.78, 5) is 26.0. The SMILES string of the molecule is CN(C)CCCNC(=O)C1CC1C(=O)NCc1ccccc1F. The molecule has 23 heavy (non-hydrogen) atoms. The summed E-state index contributed by atoms with van der Waals surface area (Å²) in [6.45, 7) is 1.69. The van der Waals surface area contributed by atoms with Gasteiger partial charge in [-0.15, -0.1) is 0 Å². The Hall–Kier alpha value is -1.95. The molecule has 6 heteroatoms. The summed E-state index contributed by atoms with van der Waals surface area (Å²) in [7, 11) is 3.97. The van der Waals surface area contributed by atoms with Crippen LogP contribution in [-0.2, 0) is 16.1 Å². The Labute approximate surface area is 136 Å². The lowest BCUT2D eigenvalue weighted by molar-refractivity contribution is -0.127. The predicted octanol–water partition coefficient (Wildman–Crippen LogP) is 1.15. The van der Waals surface area contributed by atoms with Gasteiger partial charge in [-0.25, -0.2) is 4.39 Å². The van der Waals surface area contributed by atoms with Crippen molar-refractivity contribution in [2.24, 2.45) is 11.8 Å². The molecule has 1 aromatic rings. The maximum absolute atomic E-state index is 13.5. The first-order chi connectivity index (χ1) is 11.0. The van der Waals surface area contributed by atoms with Crippen LogP contribution in [0.3, 0.4) is 0 Å². The summed E-state index contributed by atoms with van der Waals surface area (Å²) in [5, 5.41) is 5.57. The van der Waals surface area contributed by atoms with Crippen LogP contribution in [0.25, 0.3) is 0 Å². The van der Waals surface area contributed by atoms with Crippen molar-refractivity contribution in [1.29, 1.82) is 0 Å². The zero-order valence-corrected chi connectivity index (χ0v) is 13.6. The lowest BCUT2D eigenvalue weighted by atomic mass is 10.2. The highest BCUT2D eigenvalue weighted by Crippen LogP contribution is 2.38. The van der Waals surface area contributed by atoms with Crippen molar-refractivity contribution in [3.8, 4) is 0 Å². The molecule has 2 unspecified atom stereocenters. The summed E-state index contributed by atoms with van der Waals surface area (Å²) >= 11 is 0. The Morgan fingerprint density at radius 1 is 1.17 bits per heavy atom. The van der Waals surface area contributed by atoms with Crippen LogP contribution in [0.1, 0.15) is 18.4 Å². The summed E-state index contributed by atoms with van der Waals surface area (Å²) in [5.41, 5.74) is 0.450. The topological polar surface area (TPSA) is 61.4 Å². The van der Waals surface area contributed by atoms with Crippen LogP contribution < -0.4 is 10.6 Å². The Balaban J connectivity index is 1.68. The molecule has 2 rings (SSSR count). The molecule has 126 valence electrons. The number of hydrogen-bond acceptors (Lipinski definition) is 3. The smallest absolute Gasteiger partial charge is 0.224 e. The van der Waals surface area contributed by atoms with Crippen molar-refractivity contribution < 1.29 is 14.0 Å². The third kappa shape index (κ3) is 5.32. The van der Waals surface area contributed by atoms with E-state index in [0.717, 1.165) is 13.0 Å². The number of amides is 2. The van der Waals surface area contributed by atoms with E-state index in [-0.39, 0.29) is 36.0 Å². The fourth-order valence-electron chi connectivity index (χ4n) is 2.47. The fourth-order valence-corrected chi connectivity index (χ4v) is 2.47. The van der Waals surface area contributed by atoms with Crippen molar-refractivity contribution >= 4 is 11.8 Å². The summed E-state index contributed by atoms with van der Waals surface area (Å²) in [5.74, 6) is -1.10. The number of carbonyl (C=O) groups excluding carboxylic acids is 2. The van der Waals surface area contributed by atoms with Gasteiger partial charge in [0.15, 0.2) is 0 Å². The average Bonchev–Trinajstić information content (AvgIpc) is 3.31. The molecule has 2 atom stereocenters. The number of rotatable bonds is 8. The number of halogens is 1. The Morgan fingerprint density at radius 2 is 1.83 bits per heavy atom. The number of benzene rings is 1. The van der Waals surface area contributed by atoms with Gasteiger partial charge in [-0.2, -0.15) is 0 Å². The highest BCUT2D eigenvalue weighted by molar-refractivity contribution is 5.92. The van der Waals surface area contributed by atoms with Crippen LogP contribution in [0.15, 0.2) is 24.3 Å². The van der Waals surface area contributed by atoms with Gasteiger partial charge in [0.25, 0.3) is 0 Å². The number of hydrogen-bond donors (Lipinski definition) is 2. The van der Waals surface area contributed by atoms with Gasteiger partial charge in [0, 0.05) is 18.7 Å². The minimum absolute atomic E-state index is 0.0604. The molecule has 0 radical (unpaired) electrons. The van der Waals surface area contributed by atoms with Crippen LogP contribution >= 0.6 is 0 Å². The second kappa shape index (κ2) is 8.06. The first-order valence-corrected chi connectivity index (χ1v) is 7.92. The number of carbonyl (C=O) groups is 2. The van der Waals surface area contributed by atoms with E-state index in [0.29, 0.717) is 18.5 Å². The number of nitrogens with one attached hydrogen (secondary N) is 2.